The van der Waals surface area contributed by atoms with Gasteiger partial charge in [-0.25, -0.2) is 9.78 Å². The number of ether oxygens (including phenoxy) is 3. The standard InChI is InChI=1S/C24H31N3O6S/c1-5-17-20-22(29)25-19(26-23(20)34-21(17)24(30)32-4)13-27(10-11-31-3)12-16(28)14-33-18-9-7-6-8-15(18)2/h6-9,16,28H,5,10-14H2,1-4H3,(H,25,26,29)/t16-/m1/s1. The van der Waals surface area contributed by atoms with Gasteiger partial charge in [-0.3, -0.25) is 9.69 Å². The number of aromatic amines is 1. The maximum atomic E-state index is 12.9. The molecule has 0 aliphatic heterocycles. The van der Waals surface area contributed by atoms with Gasteiger partial charge in [0.1, 0.15) is 34.0 Å². The monoisotopic (exact) mass is 489 g/mol. The summed E-state index contributed by atoms with van der Waals surface area (Å²) >= 11 is 1.16. The summed E-state index contributed by atoms with van der Waals surface area (Å²) in [5.74, 6) is 0.701. The molecule has 2 aromatic heterocycles. The van der Waals surface area contributed by atoms with Gasteiger partial charge >= 0.3 is 5.97 Å². The molecule has 2 N–H and O–H groups in total. The lowest BCUT2D eigenvalue weighted by Crippen LogP contribution is -2.38. The highest BCUT2D eigenvalue weighted by Crippen LogP contribution is 2.29. The third-order valence-electron chi connectivity index (χ3n) is 5.41. The van der Waals surface area contributed by atoms with Crippen LogP contribution in [-0.2, 0) is 22.4 Å². The molecular weight excluding hydrogens is 458 g/mol. The minimum atomic E-state index is -0.758. The van der Waals surface area contributed by atoms with Gasteiger partial charge in [0.05, 0.1) is 25.6 Å². The number of aryl methyl sites for hydroxylation is 2. The predicted octanol–water partition coefficient (Wildman–Crippen LogP) is 2.53. The number of para-hydroxylation sites is 1. The molecule has 0 fully saturated rings. The van der Waals surface area contributed by atoms with Gasteiger partial charge in [0, 0.05) is 20.2 Å². The number of aromatic nitrogens is 2. The number of methoxy groups -OCH3 is 2. The van der Waals surface area contributed by atoms with E-state index in [1.165, 1.54) is 7.11 Å². The van der Waals surface area contributed by atoms with Crippen molar-refractivity contribution in [3.63, 3.8) is 0 Å². The molecule has 9 nitrogen and oxygen atoms in total. The second-order valence-electron chi connectivity index (χ2n) is 7.91. The Bertz CT molecular complexity index is 1180. The molecule has 34 heavy (non-hydrogen) atoms. The number of rotatable bonds is 12. The lowest BCUT2D eigenvalue weighted by atomic mass is 10.1. The van der Waals surface area contributed by atoms with E-state index in [1.54, 1.807) is 7.11 Å². The highest BCUT2D eigenvalue weighted by atomic mass is 32.1. The topological polar surface area (TPSA) is 114 Å². The number of hydrogen-bond acceptors (Lipinski definition) is 9. The van der Waals surface area contributed by atoms with Crippen molar-refractivity contribution in [3.05, 3.63) is 56.4 Å². The SMILES string of the molecule is CCc1c(C(=O)OC)sc2nc(CN(CCOC)C[C@@H](O)COc3ccccc3C)[nH]c(=O)c12. The van der Waals surface area contributed by atoms with Crippen molar-refractivity contribution in [2.24, 2.45) is 0 Å². The number of benzene rings is 1. The zero-order chi connectivity index (χ0) is 24.7. The summed E-state index contributed by atoms with van der Waals surface area (Å²) in [5, 5.41) is 11.0. The van der Waals surface area contributed by atoms with Crippen LogP contribution in [0.2, 0.25) is 0 Å². The summed E-state index contributed by atoms with van der Waals surface area (Å²) in [5.41, 5.74) is 1.35. The van der Waals surface area contributed by atoms with Gasteiger partial charge < -0.3 is 24.3 Å². The summed E-state index contributed by atoms with van der Waals surface area (Å²) in [6, 6.07) is 7.63. The number of esters is 1. The number of H-pyrrole nitrogens is 1. The first-order valence-electron chi connectivity index (χ1n) is 11.1. The number of nitrogens with one attached hydrogen (secondary N) is 1. The van der Waals surface area contributed by atoms with Crippen molar-refractivity contribution >= 4 is 27.5 Å². The van der Waals surface area contributed by atoms with E-state index < -0.39 is 12.1 Å². The van der Waals surface area contributed by atoms with E-state index in [2.05, 4.69) is 9.97 Å². The van der Waals surface area contributed by atoms with E-state index in [0.29, 0.717) is 59.1 Å². The summed E-state index contributed by atoms with van der Waals surface area (Å²) in [4.78, 5) is 35.3. The van der Waals surface area contributed by atoms with Gasteiger partial charge in [-0.1, -0.05) is 25.1 Å². The number of carbonyl (C=O) groups is 1. The Labute approximate surface area is 202 Å². The van der Waals surface area contributed by atoms with Gasteiger partial charge in [0.15, 0.2) is 0 Å². The fourth-order valence-electron chi connectivity index (χ4n) is 3.70. The van der Waals surface area contributed by atoms with Gasteiger partial charge in [0.2, 0.25) is 0 Å². The van der Waals surface area contributed by atoms with E-state index in [1.807, 2.05) is 43.0 Å². The van der Waals surface area contributed by atoms with Crippen LogP contribution < -0.4 is 10.3 Å². The van der Waals surface area contributed by atoms with E-state index in [-0.39, 0.29) is 12.2 Å². The molecule has 3 aromatic rings. The maximum absolute atomic E-state index is 12.9. The first-order chi connectivity index (χ1) is 16.4. The Kier molecular flexibility index (Phi) is 9.17. The molecule has 184 valence electrons. The number of nitrogens with zero attached hydrogens (tertiary/aromatic N) is 2. The molecule has 10 heteroatoms. The average Bonchev–Trinajstić information content (AvgIpc) is 3.20. The molecule has 0 radical (unpaired) electrons. The molecule has 0 bridgehead atoms. The minimum Gasteiger partial charge on any atom is -0.491 e. The summed E-state index contributed by atoms with van der Waals surface area (Å²) in [6.45, 7) is 5.53. The van der Waals surface area contributed by atoms with E-state index >= 15 is 0 Å². The molecule has 1 atom stereocenters. The highest BCUT2D eigenvalue weighted by molar-refractivity contribution is 7.20. The smallest absolute Gasteiger partial charge is 0.348 e. The van der Waals surface area contributed by atoms with Crippen LogP contribution in [0.25, 0.3) is 10.2 Å². The van der Waals surface area contributed by atoms with E-state index in [4.69, 9.17) is 14.2 Å². The van der Waals surface area contributed by atoms with Crippen LogP contribution in [0.4, 0.5) is 0 Å². The largest absolute Gasteiger partial charge is 0.491 e. The van der Waals surface area contributed by atoms with Crippen LogP contribution in [0, 0.1) is 6.92 Å². The van der Waals surface area contributed by atoms with Crippen LogP contribution >= 0.6 is 11.3 Å². The molecule has 0 saturated carbocycles. The minimum absolute atomic E-state index is 0.130. The van der Waals surface area contributed by atoms with E-state index in [9.17, 15) is 14.7 Å². The number of fused-ring (bicyclic) bond motifs is 1. The zero-order valence-corrected chi connectivity index (χ0v) is 20.7. The van der Waals surface area contributed by atoms with Crippen LogP contribution in [-0.4, -0.2) is 72.6 Å². The maximum Gasteiger partial charge on any atom is 0.348 e. The molecule has 0 amide bonds. The van der Waals surface area contributed by atoms with Crippen LogP contribution in [0.3, 0.4) is 0 Å². The average molecular weight is 490 g/mol. The van der Waals surface area contributed by atoms with Crippen LogP contribution in [0.1, 0.15) is 33.5 Å². The summed E-state index contributed by atoms with van der Waals surface area (Å²) < 4.78 is 15.8. The van der Waals surface area contributed by atoms with Crippen LogP contribution in [0.15, 0.2) is 29.1 Å². The molecule has 2 heterocycles. The normalized spacial score (nSPS) is 12.3. The molecule has 0 spiro atoms. The number of hydrogen-bond donors (Lipinski definition) is 2. The first-order valence-corrected chi connectivity index (χ1v) is 11.9. The van der Waals surface area contributed by atoms with Crippen molar-refractivity contribution in [2.75, 3.05) is 40.5 Å². The van der Waals surface area contributed by atoms with Gasteiger partial charge in [0.25, 0.3) is 5.56 Å². The van der Waals surface area contributed by atoms with Crippen molar-refractivity contribution in [1.29, 1.82) is 0 Å². The molecule has 1 aromatic carbocycles. The van der Waals surface area contributed by atoms with Crippen molar-refractivity contribution in [3.8, 4) is 5.75 Å². The predicted molar refractivity (Wildman–Crippen MR) is 131 cm³/mol. The second-order valence-corrected chi connectivity index (χ2v) is 8.90. The second kappa shape index (κ2) is 12.1. The van der Waals surface area contributed by atoms with Crippen molar-refractivity contribution in [1.82, 2.24) is 14.9 Å². The molecule has 3 rings (SSSR count). The molecular formula is C24H31N3O6S. The summed E-state index contributed by atoms with van der Waals surface area (Å²) in [7, 11) is 2.92. The zero-order valence-electron chi connectivity index (χ0n) is 19.9. The Hall–Kier alpha value is -2.79. The van der Waals surface area contributed by atoms with Gasteiger partial charge in [-0.15, -0.1) is 11.3 Å². The first kappa shape index (κ1) is 25.8. The Balaban J connectivity index is 1.77. The van der Waals surface area contributed by atoms with Gasteiger partial charge in [-0.2, -0.15) is 0 Å². The Morgan fingerprint density at radius 1 is 1.29 bits per heavy atom. The van der Waals surface area contributed by atoms with Crippen molar-refractivity contribution in [2.45, 2.75) is 32.9 Å². The van der Waals surface area contributed by atoms with Crippen LogP contribution in [0.5, 0.6) is 5.75 Å². The highest BCUT2D eigenvalue weighted by Gasteiger charge is 2.22. The molecule has 0 aliphatic rings. The number of thiophene rings is 1. The van der Waals surface area contributed by atoms with Crippen molar-refractivity contribution < 1.29 is 24.1 Å². The quantitative estimate of drug-likeness (QED) is 0.373. The lowest BCUT2D eigenvalue weighted by Gasteiger charge is -2.24. The number of aliphatic hydroxyl groups excluding tert-OH is 1. The third kappa shape index (κ3) is 6.20. The Morgan fingerprint density at radius 2 is 2.06 bits per heavy atom. The number of carbonyl (C=O) groups excluding carboxylic acids is 1. The fourth-order valence-corrected chi connectivity index (χ4v) is 4.90. The molecule has 0 aliphatic carbocycles. The number of aliphatic hydroxyl groups is 1. The summed E-state index contributed by atoms with van der Waals surface area (Å²) in [6.07, 6.45) is -0.243. The lowest BCUT2D eigenvalue weighted by molar-refractivity contribution is 0.0531. The fraction of sp³-hybridized carbons (Fsp3) is 0.458. The Morgan fingerprint density at radius 3 is 2.74 bits per heavy atom. The third-order valence-corrected chi connectivity index (χ3v) is 6.52. The van der Waals surface area contributed by atoms with Gasteiger partial charge in [-0.05, 0) is 30.5 Å². The molecule has 0 saturated heterocycles. The molecule has 0 unspecified atom stereocenters. The van der Waals surface area contributed by atoms with E-state index in [0.717, 1.165) is 22.6 Å².